The molecule has 0 aliphatic heterocycles. The third kappa shape index (κ3) is 4.83. The predicted molar refractivity (Wildman–Crippen MR) is 114 cm³/mol. The minimum Gasteiger partial charge on any atom is -0.484 e. The van der Waals surface area contributed by atoms with E-state index in [1.807, 2.05) is 37.3 Å². The van der Waals surface area contributed by atoms with Crippen LogP contribution in [0.3, 0.4) is 0 Å². The fourth-order valence-electron chi connectivity index (χ4n) is 3.11. The maximum absolute atomic E-state index is 11.7. The number of fused-ring (bicyclic) bond motifs is 1. The molecule has 1 amide bonds. The number of carbonyl (C=O) groups is 1. The molecule has 0 bridgehead atoms. The highest BCUT2D eigenvalue weighted by molar-refractivity contribution is 5.82. The fraction of sp³-hybridized carbons (Fsp3) is 0.273. The van der Waals surface area contributed by atoms with E-state index in [0.717, 1.165) is 23.8 Å². The number of anilines is 1. The van der Waals surface area contributed by atoms with Crippen LogP contribution in [0.15, 0.2) is 54.6 Å². The Hall–Kier alpha value is -3.68. The van der Waals surface area contributed by atoms with Crippen LogP contribution in [0, 0.1) is 10.1 Å². The Morgan fingerprint density at radius 3 is 2.67 bits per heavy atom. The van der Waals surface area contributed by atoms with Gasteiger partial charge in [0, 0.05) is 29.6 Å². The van der Waals surface area contributed by atoms with E-state index in [4.69, 9.17) is 4.74 Å². The third-order valence-electron chi connectivity index (χ3n) is 4.94. The first kappa shape index (κ1) is 19.6. The van der Waals surface area contributed by atoms with Crippen LogP contribution >= 0.6 is 0 Å². The zero-order valence-electron chi connectivity index (χ0n) is 16.5. The number of hydrogen-bond donors (Lipinski definition) is 2. The molecular formula is C22H22N4O4. The molecule has 8 heteroatoms. The molecule has 2 N–H and O–H groups in total. The van der Waals surface area contributed by atoms with E-state index in [1.54, 1.807) is 12.1 Å². The molecule has 30 heavy (non-hydrogen) atoms. The van der Waals surface area contributed by atoms with Gasteiger partial charge in [-0.3, -0.25) is 14.9 Å². The monoisotopic (exact) mass is 406 g/mol. The SMILES string of the molecule is CC(Nc1ccc2cc([N+](=O)[O-])ccc2n1)c1ccc(OCC(=O)NC2CC2)cc1. The minimum atomic E-state index is -0.416. The highest BCUT2D eigenvalue weighted by atomic mass is 16.6. The summed E-state index contributed by atoms with van der Waals surface area (Å²) >= 11 is 0. The lowest BCUT2D eigenvalue weighted by atomic mass is 10.1. The second-order valence-corrected chi connectivity index (χ2v) is 7.40. The number of benzene rings is 2. The Morgan fingerprint density at radius 1 is 1.20 bits per heavy atom. The molecule has 2 aromatic carbocycles. The van der Waals surface area contributed by atoms with Crippen LogP contribution in [0.4, 0.5) is 11.5 Å². The Morgan fingerprint density at radius 2 is 1.97 bits per heavy atom. The molecule has 0 radical (unpaired) electrons. The van der Waals surface area contributed by atoms with Gasteiger partial charge >= 0.3 is 0 Å². The van der Waals surface area contributed by atoms with Gasteiger partial charge in [0.15, 0.2) is 6.61 Å². The number of non-ortho nitro benzene ring substituents is 1. The lowest BCUT2D eigenvalue weighted by Crippen LogP contribution is -2.30. The standard InChI is InChI=1S/C22H22N4O4/c1-14(15-2-8-19(9-3-15)30-13-22(27)24-17-5-6-17)23-21-11-4-16-12-18(26(28)29)7-10-20(16)25-21/h2-4,7-12,14,17H,5-6,13H2,1H3,(H,23,25)(H,24,27). The number of carbonyl (C=O) groups excluding carboxylic acids is 1. The van der Waals surface area contributed by atoms with Crippen LogP contribution in [0.25, 0.3) is 10.9 Å². The summed E-state index contributed by atoms with van der Waals surface area (Å²) in [7, 11) is 0. The van der Waals surface area contributed by atoms with Crippen molar-refractivity contribution in [2.75, 3.05) is 11.9 Å². The average Bonchev–Trinajstić information content (AvgIpc) is 3.56. The molecule has 0 spiro atoms. The average molecular weight is 406 g/mol. The summed E-state index contributed by atoms with van der Waals surface area (Å²) in [4.78, 5) is 26.7. The van der Waals surface area contributed by atoms with Gasteiger partial charge in [0.05, 0.1) is 10.4 Å². The number of rotatable bonds is 8. The van der Waals surface area contributed by atoms with Crippen molar-refractivity contribution < 1.29 is 14.5 Å². The van der Waals surface area contributed by atoms with Gasteiger partial charge in [0.1, 0.15) is 11.6 Å². The van der Waals surface area contributed by atoms with Crippen molar-refractivity contribution in [1.82, 2.24) is 10.3 Å². The fourth-order valence-corrected chi connectivity index (χ4v) is 3.11. The van der Waals surface area contributed by atoms with E-state index in [0.29, 0.717) is 23.1 Å². The second-order valence-electron chi connectivity index (χ2n) is 7.40. The molecule has 1 aliphatic rings. The number of aromatic nitrogens is 1. The first-order valence-electron chi connectivity index (χ1n) is 9.82. The van der Waals surface area contributed by atoms with E-state index in [1.165, 1.54) is 12.1 Å². The van der Waals surface area contributed by atoms with Gasteiger partial charge < -0.3 is 15.4 Å². The third-order valence-corrected chi connectivity index (χ3v) is 4.94. The number of pyridine rings is 1. The number of hydrogen-bond acceptors (Lipinski definition) is 6. The number of nitro groups is 1. The van der Waals surface area contributed by atoms with Gasteiger partial charge in [-0.1, -0.05) is 12.1 Å². The molecule has 1 aromatic heterocycles. The summed E-state index contributed by atoms with van der Waals surface area (Å²) in [6, 6.07) is 16.1. The highest BCUT2D eigenvalue weighted by Crippen LogP contribution is 2.24. The summed E-state index contributed by atoms with van der Waals surface area (Å²) in [6.07, 6.45) is 2.11. The Kier molecular flexibility index (Phi) is 5.47. The van der Waals surface area contributed by atoms with E-state index < -0.39 is 4.92 Å². The number of nitrogens with one attached hydrogen (secondary N) is 2. The molecule has 1 atom stereocenters. The van der Waals surface area contributed by atoms with E-state index in [-0.39, 0.29) is 24.2 Å². The molecule has 154 valence electrons. The second kappa shape index (κ2) is 8.36. The van der Waals surface area contributed by atoms with E-state index in [9.17, 15) is 14.9 Å². The molecule has 1 fully saturated rings. The van der Waals surface area contributed by atoms with Crippen LogP contribution in [0.5, 0.6) is 5.75 Å². The summed E-state index contributed by atoms with van der Waals surface area (Å²) in [5.74, 6) is 1.23. The number of nitro benzene ring substituents is 1. The van der Waals surface area contributed by atoms with Crippen molar-refractivity contribution in [2.24, 2.45) is 0 Å². The maximum Gasteiger partial charge on any atom is 0.270 e. The smallest absolute Gasteiger partial charge is 0.270 e. The van der Waals surface area contributed by atoms with Gasteiger partial charge in [-0.25, -0.2) is 4.98 Å². The molecule has 8 nitrogen and oxygen atoms in total. The molecule has 1 saturated carbocycles. The molecule has 1 aliphatic carbocycles. The summed E-state index contributed by atoms with van der Waals surface area (Å²) in [6.45, 7) is 2.03. The molecule has 1 unspecified atom stereocenters. The van der Waals surface area contributed by atoms with Crippen LogP contribution in [-0.4, -0.2) is 28.5 Å². The first-order valence-corrected chi connectivity index (χ1v) is 9.82. The van der Waals surface area contributed by atoms with Gasteiger partial charge in [-0.05, 0) is 55.7 Å². The summed E-state index contributed by atoms with van der Waals surface area (Å²) in [5, 5.41) is 17.8. The van der Waals surface area contributed by atoms with Gasteiger partial charge in [-0.2, -0.15) is 0 Å². The molecular weight excluding hydrogens is 384 g/mol. The largest absolute Gasteiger partial charge is 0.484 e. The zero-order valence-corrected chi connectivity index (χ0v) is 16.5. The quantitative estimate of drug-likeness (QED) is 0.433. The van der Waals surface area contributed by atoms with Crippen LogP contribution in [-0.2, 0) is 4.79 Å². The molecule has 0 saturated heterocycles. The van der Waals surface area contributed by atoms with Crippen molar-refractivity contribution in [2.45, 2.75) is 31.8 Å². The Labute approximate surface area is 173 Å². The zero-order chi connectivity index (χ0) is 21.1. The van der Waals surface area contributed by atoms with Gasteiger partial charge in [0.25, 0.3) is 11.6 Å². The molecule has 3 aromatic rings. The summed E-state index contributed by atoms with van der Waals surface area (Å²) in [5.41, 5.74) is 1.77. The summed E-state index contributed by atoms with van der Waals surface area (Å²) < 4.78 is 5.53. The van der Waals surface area contributed by atoms with E-state index >= 15 is 0 Å². The van der Waals surface area contributed by atoms with E-state index in [2.05, 4.69) is 15.6 Å². The van der Waals surface area contributed by atoms with Crippen LogP contribution < -0.4 is 15.4 Å². The Balaban J connectivity index is 1.36. The number of nitrogens with zero attached hydrogens (tertiary/aromatic N) is 2. The van der Waals surface area contributed by atoms with Gasteiger partial charge in [-0.15, -0.1) is 0 Å². The minimum absolute atomic E-state index is 0.0137. The van der Waals surface area contributed by atoms with Crippen LogP contribution in [0.2, 0.25) is 0 Å². The highest BCUT2D eigenvalue weighted by Gasteiger charge is 2.23. The first-order chi connectivity index (χ1) is 14.5. The maximum atomic E-state index is 11.7. The van der Waals surface area contributed by atoms with Crippen molar-refractivity contribution in [3.05, 3.63) is 70.3 Å². The van der Waals surface area contributed by atoms with Gasteiger partial charge in [0.2, 0.25) is 0 Å². The molecule has 1 heterocycles. The molecule has 4 rings (SSSR count). The number of ether oxygens (including phenoxy) is 1. The van der Waals surface area contributed by atoms with Crippen molar-refractivity contribution in [3.63, 3.8) is 0 Å². The Bertz CT molecular complexity index is 1080. The lowest BCUT2D eigenvalue weighted by molar-refractivity contribution is -0.384. The van der Waals surface area contributed by atoms with Crippen molar-refractivity contribution in [3.8, 4) is 5.75 Å². The number of amides is 1. The van der Waals surface area contributed by atoms with Crippen molar-refractivity contribution in [1.29, 1.82) is 0 Å². The van der Waals surface area contributed by atoms with Crippen molar-refractivity contribution >= 4 is 28.3 Å². The predicted octanol–water partition coefficient (Wildman–Crippen LogP) is 3.97. The van der Waals surface area contributed by atoms with Crippen LogP contribution in [0.1, 0.15) is 31.4 Å². The topological polar surface area (TPSA) is 106 Å². The lowest BCUT2D eigenvalue weighted by Gasteiger charge is -2.16. The normalized spacial score (nSPS) is 14.2.